The molecule has 2 atom stereocenters. The Bertz CT molecular complexity index is 1250. The number of carbonyl (C=O) groups is 2. The minimum atomic E-state index is -4.47. The predicted octanol–water partition coefficient (Wildman–Crippen LogP) is 7.78. The van der Waals surface area contributed by atoms with Crippen LogP contribution >= 0.6 is 11.3 Å². The first kappa shape index (κ1) is 23.8. The number of fused-ring (bicyclic) bond motifs is 1. The lowest BCUT2D eigenvalue weighted by molar-refractivity contribution is -0.137. The van der Waals surface area contributed by atoms with Gasteiger partial charge >= 0.3 is 6.18 Å². The molecule has 1 aliphatic heterocycles. The van der Waals surface area contributed by atoms with Gasteiger partial charge in [0.1, 0.15) is 5.78 Å². The fraction of sp³-hybridized carbons (Fsp3) is 0.483. The molecule has 3 fully saturated rings. The topological polar surface area (TPSA) is 46.5 Å². The van der Waals surface area contributed by atoms with E-state index in [1.165, 1.54) is 23.5 Å². The Morgan fingerprint density at radius 3 is 2.28 bits per heavy atom. The molecule has 0 saturated heterocycles. The summed E-state index contributed by atoms with van der Waals surface area (Å²) in [6, 6.07) is 6.44. The van der Waals surface area contributed by atoms with Crippen molar-refractivity contribution in [1.29, 1.82) is 0 Å². The van der Waals surface area contributed by atoms with Crippen LogP contribution in [-0.2, 0) is 11.0 Å². The second-order valence-corrected chi connectivity index (χ2v) is 11.8. The SMILES string of the molecule is O=C(C1=C(C2CCCC2)N=C2CC3(CCC3)CC(=O)C2C1c1ccsc1)c1ccc(C(F)(F)F)cc1. The molecule has 7 heteroatoms. The van der Waals surface area contributed by atoms with Crippen LogP contribution in [0, 0.1) is 17.3 Å². The van der Waals surface area contributed by atoms with Crippen LogP contribution in [0.15, 0.2) is 57.4 Å². The molecule has 0 radical (unpaired) electrons. The summed E-state index contributed by atoms with van der Waals surface area (Å²) >= 11 is 1.53. The van der Waals surface area contributed by atoms with Gasteiger partial charge in [-0.2, -0.15) is 24.5 Å². The number of rotatable bonds is 4. The molecule has 0 N–H and O–H groups in total. The number of hydrogen-bond donors (Lipinski definition) is 0. The number of thiophene rings is 1. The maximum Gasteiger partial charge on any atom is 0.416 e. The van der Waals surface area contributed by atoms with Gasteiger partial charge in [0.15, 0.2) is 5.78 Å². The zero-order valence-corrected chi connectivity index (χ0v) is 20.8. The van der Waals surface area contributed by atoms with Gasteiger partial charge in [0.05, 0.1) is 17.2 Å². The highest BCUT2D eigenvalue weighted by Gasteiger charge is 2.53. The Hall–Kier alpha value is -2.54. The van der Waals surface area contributed by atoms with Crippen molar-refractivity contribution in [3.63, 3.8) is 0 Å². The first-order chi connectivity index (χ1) is 17.3. The van der Waals surface area contributed by atoms with E-state index in [4.69, 9.17) is 4.99 Å². The van der Waals surface area contributed by atoms with Crippen molar-refractivity contribution in [2.24, 2.45) is 22.2 Å². The molecule has 2 aromatic rings. The third-order valence-electron chi connectivity index (χ3n) is 8.77. The molecule has 0 amide bonds. The van der Waals surface area contributed by atoms with Gasteiger partial charge in [-0.3, -0.25) is 14.6 Å². The van der Waals surface area contributed by atoms with Crippen molar-refractivity contribution in [2.45, 2.75) is 69.9 Å². The van der Waals surface area contributed by atoms with E-state index in [-0.39, 0.29) is 28.5 Å². The average Bonchev–Trinajstić information content (AvgIpc) is 3.55. The Labute approximate surface area is 212 Å². The first-order valence-corrected chi connectivity index (χ1v) is 13.8. The molecule has 3 nitrogen and oxygen atoms in total. The zero-order chi connectivity index (χ0) is 25.1. The van der Waals surface area contributed by atoms with Crippen molar-refractivity contribution in [1.82, 2.24) is 0 Å². The summed E-state index contributed by atoms with van der Waals surface area (Å²) in [4.78, 5) is 32.9. The highest BCUT2D eigenvalue weighted by Crippen LogP contribution is 2.56. The monoisotopic (exact) mass is 511 g/mol. The Morgan fingerprint density at radius 2 is 1.69 bits per heavy atom. The molecule has 3 saturated carbocycles. The lowest BCUT2D eigenvalue weighted by Crippen LogP contribution is -2.48. The maximum absolute atomic E-state index is 14.1. The van der Waals surface area contributed by atoms with E-state index in [0.717, 1.165) is 80.5 Å². The molecule has 0 bridgehead atoms. The van der Waals surface area contributed by atoms with Crippen LogP contribution in [0.2, 0.25) is 0 Å². The van der Waals surface area contributed by atoms with Crippen molar-refractivity contribution in [3.05, 3.63) is 69.1 Å². The lowest BCUT2D eigenvalue weighted by Gasteiger charge is -2.49. The van der Waals surface area contributed by atoms with Gasteiger partial charge in [-0.1, -0.05) is 31.4 Å². The molecule has 3 aliphatic carbocycles. The minimum absolute atomic E-state index is 0.0291. The van der Waals surface area contributed by atoms with Gasteiger partial charge in [0.25, 0.3) is 0 Å². The fourth-order valence-electron chi connectivity index (χ4n) is 6.83. The number of Topliss-reactive ketones (excluding diaryl/α,β-unsaturated/α-hetero) is 2. The summed E-state index contributed by atoms with van der Waals surface area (Å²) in [5.74, 6) is -0.911. The van der Waals surface area contributed by atoms with E-state index in [2.05, 4.69) is 0 Å². The van der Waals surface area contributed by atoms with Gasteiger partial charge < -0.3 is 0 Å². The molecular formula is C29H28F3NO2S. The largest absolute Gasteiger partial charge is 0.416 e. The lowest BCUT2D eigenvalue weighted by atomic mass is 9.55. The number of aliphatic imine (C=N–C) groups is 1. The number of hydrogen-bond acceptors (Lipinski definition) is 4. The summed E-state index contributed by atoms with van der Waals surface area (Å²) in [6.07, 6.45) is 4.12. The van der Waals surface area contributed by atoms with Crippen LogP contribution in [0.25, 0.3) is 0 Å². The van der Waals surface area contributed by atoms with Crippen molar-refractivity contribution in [2.75, 3.05) is 0 Å². The molecule has 36 heavy (non-hydrogen) atoms. The van der Waals surface area contributed by atoms with E-state index < -0.39 is 23.6 Å². The first-order valence-electron chi connectivity index (χ1n) is 12.8. The van der Waals surface area contributed by atoms with Crippen LogP contribution in [0.4, 0.5) is 13.2 Å². The van der Waals surface area contributed by atoms with E-state index in [0.29, 0.717) is 12.0 Å². The van der Waals surface area contributed by atoms with Gasteiger partial charge in [-0.05, 0) is 72.0 Å². The summed E-state index contributed by atoms with van der Waals surface area (Å²) in [5.41, 5.74) is 2.62. The molecule has 1 spiro atoms. The summed E-state index contributed by atoms with van der Waals surface area (Å²) < 4.78 is 39.5. The van der Waals surface area contributed by atoms with Crippen LogP contribution < -0.4 is 0 Å². The standard InChI is InChI=1S/C29H28F3NO2S/c30-29(31,32)20-8-6-18(7-9-20)27(35)25-23(19-10-13-36-16-19)24-21(33-26(25)17-4-1-2-5-17)14-28(11-3-12-28)15-22(24)34/h6-10,13,16-17,23-24H,1-5,11-12,14-15H2. The highest BCUT2D eigenvalue weighted by atomic mass is 32.1. The second-order valence-electron chi connectivity index (χ2n) is 11.0. The van der Waals surface area contributed by atoms with Crippen molar-refractivity contribution >= 4 is 28.6 Å². The number of halogens is 3. The van der Waals surface area contributed by atoms with Crippen molar-refractivity contribution < 1.29 is 22.8 Å². The minimum Gasteiger partial charge on any atom is -0.299 e. The third kappa shape index (κ3) is 4.00. The summed E-state index contributed by atoms with van der Waals surface area (Å²) in [5, 5.41) is 3.96. The van der Waals surface area contributed by atoms with Gasteiger partial charge in [0, 0.05) is 35.1 Å². The quantitative estimate of drug-likeness (QED) is 0.394. The molecule has 4 aliphatic rings. The number of benzene rings is 1. The molecule has 188 valence electrons. The number of carbonyl (C=O) groups excluding carboxylic acids is 2. The van der Waals surface area contributed by atoms with Gasteiger partial charge in [0.2, 0.25) is 0 Å². The normalized spacial score (nSPS) is 26.1. The predicted molar refractivity (Wildman–Crippen MR) is 133 cm³/mol. The number of alkyl halides is 3. The Balaban J connectivity index is 1.50. The third-order valence-corrected chi connectivity index (χ3v) is 9.47. The zero-order valence-electron chi connectivity index (χ0n) is 19.9. The van der Waals surface area contributed by atoms with Gasteiger partial charge in [-0.15, -0.1) is 0 Å². The molecule has 1 aromatic carbocycles. The second kappa shape index (κ2) is 8.79. The Kier molecular flexibility index (Phi) is 5.82. The van der Waals surface area contributed by atoms with Crippen LogP contribution in [-0.4, -0.2) is 17.3 Å². The van der Waals surface area contributed by atoms with Crippen LogP contribution in [0.5, 0.6) is 0 Å². The van der Waals surface area contributed by atoms with E-state index in [9.17, 15) is 22.8 Å². The molecule has 1 aromatic heterocycles. The van der Waals surface area contributed by atoms with Gasteiger partial charge in [-0.25, -0.2) is 0 Å². The molecule has 2 heterocycles. The molecule has 6 rings (SSSR count). The summed E-state index contributed by atoms with van der Waals surface area (Å²) in [6.45, 7) is 0. The Morgan fingerprint density at radius 1 is 0.972 bits per heavy atom. The smallest absolute Gasteiger partial charge is 0.299 e. The highest BCUT2D eigenvalue weighted by molar-refractivity contribution is 7.08. The number of nitrogens with zero attached hydrogens (tertiary/aromatic N) is 1. The average molecular weight is 512 g/mol. The summed E-state index contributed by atoms with van der Waals surface area (Å²) in [7, 11) is 0. The van der Waals surface area contributed by atoms with Crippen LogP contribution in [0.1, 0.15) is 85.2 Å². The number of ketones is 2. The van der Waals surface area contributed by atoms with Crippen LogP contribution in [0.3, 0.4) is 0 Å². The van der Waals surface area contributed by atoms with E-state index in [1.807, 2.05) is 16.8 Å². The van der Waals surface area contributed by atoms with E-state index in [1.54, 1.807) is 0 Å². The number of allylic oxidation sites excluding steroid dienone is 2. The molecular weight excluding hydrogens is 483 g/mol. The van der Waals surface area contributed by atoms with Crippen molar-refractivity contribution in [3.8, 4) is 0 Å². The van der Waals surface area contributed by atoms with E-state index >= 15 is 0 Å². The molecule has 2 unspecified atom stereocenters. The maximum atomic E-state index is 14.1. The fourth-order valence-corrected chi connectivity index (χ4v) is 7.52.